The number of hydrogen-bond donors (Lipinski definition) is 2. The lowest BCUT2D eigenvalue weighted by molar-refractivity contribution is 0.583. The summed E-state index contributed by atoms with van der Waals surface area (Å²) in [5, 5.41) is 1.75. The zero-order valence-corrected chi connectivity index (χ0v) is 12.0. The first-order valence-electron chi connectivity index (χ1n) is 5.93. The number of nitrogens with two attached hydrogens (primary N) is 1. The van der Waals surface area contributed by atoms with E-state index in [-0.39, 0.29) is 0 Å². The molecule has 0 aliphatic carbocycles. The summed E-state index contributed by atoms with van der Waals surface area (Å²) >= 11 is 1.21. The van der Waals surface area contributed by atoms with Gasteiger partial charge in [-0.3, -0.25) is 0 Å². The van der Waals surface area contributed by atoms with Crippen molar-refractivity contribution in [1.82, 2.24) is 4.72 Å². The van der Waals surface area contributed by atoms with Gasteiger partial charge in [0.25, 0.3) is 0 Å². The zero-order chi connectivity index (χ0) is 13.7. The minimum atomic E-state index is -3.39. The maximum Gasteiger partial charge on any atom is 0.250 e. The van der Waals surface area contributed by atoms with Crippen LogP contribution in [0.15, 0.2) is 46.0 Å². The minimum Gasteiger partial charge on any atom is -0.330 e. The van der Waals surface area contributed by atoms with Crippen molar-refractivity contribution in [3.8, 4) is 0 Å². The van der Waals surface area contributed by atoms with Crippen molar-refractivity contribution in [3.05, 3.63) is 52.9 Å². The molecule has 0 unspecified atom stereocenters. The van der Waals surface area contributed by atoms with E-state index in [1.807, 2.05) is 24.3 Å². The second-order valence-corrected chi connectivity index (χ2v) is 7.05. The Morgan fingerprint density at radius 2 is 1.79 bits per heavy atom. The fourth-order valence-electron chi connectivity index (χ4n) is 1.66. The molecule has 0 saturated carbocycles. The van der Waals surface area contributed by atoms with E-state index in [0.717, 1.165) is 17.5 Å². The number of sulfonamides is 1. The van der Waals surface area contributed by atoms with E-state index >= 15 is 0 Å². The van der Waals surface area contributed by atoms with Crippen LogP contribution in [-0.4, -0.2) is 15.0 Å². The molecule has 4 nitrogen and oxygen atoms in total. The van der Waals surface area contributed by atoms with Crippen molar-refractivity contribution in [2.75, 3.05) is 6.54 Å². The lowest BCUT2D eigenvalue weighted by Crippen LogP contribution is -2.22. The molecule has 0 aliphatic heterocycles. The summed E-state index contributed by atoms with van der Waals surface area (Å²) in [4.78, 5) is 0. The number of hydrogen-bond acceptors (Lipinski definition) is 4. The van der Waals surface area contributed by atoms with Gasteiger partial charge in [0.15, 0.2) is 0 Å². The Kier molecular flexibility index (Phi) is 4.71. The number of thiophene rings is 1. The molecule has 0 bridgehead atoms. The summed E-state index contributed by atoms with van der Waals surface area (Å²) in [6.45, 7) is 0.910. The van der Waals surface area contributed by atoms with Crippen LogP contribution in [0.5, 0.6) is 0 Å². The Hall–Kier alpha value is -1.21. The van der Waals surface area contributed by atoms with E-state index in [1.165, 1.54) is 11.3 Å². The molecule has 0 amide bonds. The highest BCUT2D eigenvalue weighted by Crippen LogP contribution is 2.15. The molecule has 19 heavy (non-hydrogen) atoms. The Morgan fingerprint density at radius 1 is 1.11 bits per heavy atom. The van der Waals surface area contributed by atoms with Gasteiger partial charge in [-0.15, -0.1) is 11.3 Å². The maximum absolute atomic E-state index is 11.9. The lowest BCUT2D eigenvalue weighted by Gasteiger charge is -2.06. The quantitative estimate of drug-likeness (QED) is 0.852. The first-order chi connectivity index (χ1) is 9.12. The van der Waals surface area contributed by atoms with Crippen LogP contribution in [-0.2, 0) is 23.0 Å². The number of rotatable bonds is 6. The smallest absolute Gasteiger partial charge is 0.250 e. The molecular formula is C13H16N2O2S2. The molecule has 0 saturated heterocycles. The van der Waals surface area contributed by atoms with Crippen LogP contribution < -0.4 is 10.5 Å². The highest BCUT2D eigenvalue weighted by Gasteiger charge is 2.14. The van der Waals surface area contributed by atoms with Crippen molar-refractivity contribution >= 4 is 21.4 Å². The molecule has 1 aromatic carbocycles. The molecule has 102 valence electrons. The molecule has 1 heterocycles. The van der Waals surface area contributed by atoms with Crippen LogP contribution in [0.2, 0.25) is 0 Å². The number of benzene rings is 1. The second-order valence-electron chi connectivity index (χ2n) is 4.11. The normalized spacial score (nSPS) is 11.6. The minimum absolute atomic E-state index is 0.295. The van der Waals surface area contributed by atoms with Gasteiger partial charge in [0, 0.05) is 6.54 Å². The monoisotopic (exact) mass is 296 g/mol. The first-order valence-corrected chi connectivity index (χ1v) is 8.29. The van der Waals surface area contributed by atoms with Gasteiger partial charge in [-0.25, -0.2) is 13.1 Å². The Morgan fingerprint density at radius 3 is 2.37 bits per heavy atom. The van der Waals surface area contributed by atoms with Crippen LogP contribution in [0, 0.1) is 0 Å². The van der Waals surface area contributed by atoms with Crippen molar-refractivity contribution in [2.45, 2.75) is 17.2 Å². The first kappa shape index (κ1) is 14.2. The largest absolute Gasteiger partial charge is 0.330 e. The summed E-state index contributed by atoms with van der Waals surface area (Å²) in [5.74, 6) is 0. The van der Waals surface area contributed by atoms with Gasteiger partial charge < -0.3 is 5.73 Å². The van der Waals surface area contributed by atoms with E-state index < -0.39 is 10.0 Å². The predicted octanol–water partition coefficient (Wildman–Crippen LogP) is 1.73. The third kappa shape index (κ3) is 3.87. The van der Waals surface area contributed by atoms with Crippen LogP contribution in [0.25, 0.3) is 0 Å². The molecule has 0 aliphatic rings. The lowest BCUT2D eigenvalue weighted by atomic mass is 10.1. The third-order valence-electron chi connectivity index (χ3n) is 2.68. The van der Waals surface area contributed by atoms with Gasteiger partial charge in [-0.05, 0) is 35.5 Å². The highest BCUT2D eigenvalue weighted by atomic mass is 32.2. The molecule has 2 aromatic rings. The topological polar surface area (TPSA) is 72.2 Å². The molecule has 6 heteroatoms. The summed E-state index contributed by atoms with van der Waals surface area (Å²) in [6, 6.07) is 11.1. The number of nitrogens with one attached hydrogen (secondary N) is 1. The maximum atomic E-state index is 11.9. The third-order valence-corrected chi connectivity index (χ3v) is 5.48. The average Bonchev–Trinajstić information content (AvgIpc) is 2.93. The Labute approximate surface area is 117 Å². The van der Waals surface area contributed by atoms with E-state index in [4.69, 9.17) is 5.73 Å². The predicted molar refractivity (Wildman–Crippen MR) is 77.5 cm³/mol. The zero-order valence-electron chi connectivity index (χ0n) is 10.4. The van der Waals surface area contributed by atoms with Gasteiger partial charge in [0.05, 0.1) is 0 Å². The Bertz CT molecular complexity index is 605. The summed E-state index contributed by atoms with van der Waals surface area (Å²) in [6.07, 6.45) is 0.835. The van der Waals surface area contributed by atoms with Crippen molar-refractivity contribution < 1.29 is 8.42 Å². The van der Waals surface area contributed by atoms with E-state index in [0.29, 0.717) is 17.3 Å². The average molecular weight is 296 g/mol. The van der Waals surface area contributed by atoms with E-state index in [1.54, 1.807) is 17.5 Å². The molecule has 0 atom stereocenters. The second kappa shape index (κ2) is 6.29. The molecule has 2 rings (SSSR count). The fraction of sp³-hybridized carbons (Fsp3) is 0.231. The van der Waals surface area contributed by atoms with Crippen LogP contribution in [0.1, 0.15) is 11.1 Å². The summed E-state index contributed by atoms with van der Waals surface area (Å²) < 4.78 is 26.8. The summed E-state index contributed by atoms with van der Waals surface area (Å²) in [7, 11) is -3.39. The van der Waals surface area contributed by atoms with Crippen LogP contribution in [0.3, 0.4) is 0 Å². The molecule has 0 spiro atoms. The van der Waals surface area contributed by atoms with E-state index in [2.05, 4.69) is 4.72 Å². The summed E-state index contributed by atoms with van der Waals surface area (Å²) in [5.41, 5.74) is 7.57. The van der Waals surface area contributed by atoms with Crippen LogP contribution >= 0.6 is 11.3 Å². The van der Waals surface area contributed by atoms with Gasteiger partial charge in [0.1, 0.15) is 4.21 Å². The molecule has 3 N–H and O–H groups in total. The van der Waals surface area contributed by atoms with Gasteiger partial charge in [-0.1, -0.05) is 30.3 Å². The SMILES string of the molecule is NCCc1ccc(CNS(=O)(=O)c2cccs2)cc1. The van der Waals surface area contributed by atoms with Crippen molar-refractivity contribution in [2.24, 2.45) is 5.73 Å². The highest BCUT2D eigenvalue weighted by molar-refractivity contribution is 7.91. The molecule has 0 radical (unpaired) electrons. The van der Waals surface area contributed by atoms with Crippen molar-refractivity contribution in [1.29, 1.82) is 0 Å². The van der Waals surface area contributed by atoms with Gasteiger partial charge >= 0.3 is 0 Å². The van der Waals surface area contributed by atoms with E-state index in [9.17, 15) is 8.42 Å². The molecule has 0 fully saturated rings. The van der Waals surface area contributed by atoms with Gasteiger partial charge in [-0.2, -0.15) is 0 Å². The molecular weight excluding hydrogens is 280 g/mol. The van der Waals surface area contributed by atoms with Gasteiger partial charge in [0.2, 0.25) is 10.0 Å². The van der Waals surface area contributed by atoms with Crippen molar-refractivity contribution in [3.63, 3.8) is 0 Å². The fourth-order valence-corrected chi connectivity index (χ4v) is 3.71. The van der Waals surface area contributed by atoms with Crippen LogP contribution in [0.4, 0.5) is 0 Å². The molecule has 1 aromatic heterocycles. The Balaban J connectivity index is 1.99. The standard InChI is InChI=1S/C13H16N2O2S2/c14-8-7-11-3-5-12(6-4-11)10-15-19(16,17)13-2-1-9-18-13/h1-6,9,15H,7-8,10,14H2.